The van der Waals surface area contributed by atoms with Crippen molar-refractivity contribution in [3.8, 4) is 0 Å². The van der Waals surface area contributed by atoms with Crippen molar-refractivity contribution in [3.05, 3.63) is 48.0 Å². The van der Waals surface area contributed by atoms with Crippen molar-refractivity contribution >= 4 is 0 Å². The van der Waals surface area contributed by atoms with Gasteiger partial charge in [0, 0.05) is 0 Å². The monoisotopic (exact) mass is 282 g/mol. The highest BCUT2D eigenvalue weighted by molar-refractivity contribution is 5.22. The summed E-state index contributed by atoms with van der Waals surface area (Å²) in [6, 6.07) is 11.1. The lowest BCUT2D eigenvalue weighted by Crippen LogP contribution is -2.48. The van der Waals surface area contributed by atoms with Crippen LogP contribution in [0, 0.1) is 29.1 Å². The summed E-state index contributed by atoms with van der Waals surface area (Å²) in [5, 5.41) is 0. The van der Waals surface area contributed by atoms with Crippen LogP contribution in [-0.4, -0.2) is 0 Å². The maximum absolute atomic E-state index is 2.54. The van der Waals surface area contributed by atoms with Gasteiger partial charge in [0.2, 0.25) is 0 Å². The minimum absolute atomic E-state index is 0.559. The highest BCUT2D eigenvalue weighted by atomic mass is 14.6. The zero-order chi connectivity index (χ0) is 15.0. The topological polar surface area (TPSA) is 0 Å². The van der Waals surface area contributed by atoms with Gasteiger partial charge in [-0.15, -0.1) is 0 Å². The zero-order valence-electron chi connectivity index (χ0n) is 14.0. The van der Waals surface area contributed by atoms with E-state index in [1.807, 2.05) is 0 Å². The van der Waals surface area contributed by atoms with Gasteiger partial charge in [-0.05, 0) is 66.8 Å². The first-order valence-corrected chi connectivity index (χ1v) is 8.78. The third-order valence-electron chi connectivity index (χ3n) is 6.71. The molecule has 0 radical (unpaired) electrons. The first-order valence-electron chi connectivity index (χ1n) is 8.78. The van der Waals surface area contributed by atoms with Gasteiger partial charge >= 0.3 is 0 Å². The minimum Gasteiger partial charge on any atom is -0.0911 e. The van der Waals surface area contributed by atoms with Crippen LogP contribution in [-0.2, 0) is 0 Å². The Kier molecular flexibility index (Phi) is 3.99. The first kappa shape index (κ1) is 14.9. The molecule has 0 heterocycles. The summed E-state index contributed by atoms with van der Waals surface area (Å²) in [7, 11) is 0. The van der Waals surface area contributed by atoms with Gasteiger partial charge in [-0.25, -0.2) is 0 Å². The second kappa shape index (κ2) is 5.63. The van der Waals surface area contributed by atoms with E-state index in [0.29, 0.717) is 11.3 Å². The average molecular weight is 282 g/mol. The van der Waals surface area contributed by atoms with Crippen molar-refractivity contribution in [2.45, 2.75) is 52.9 Å². The molecule has 21 heavy (non-hydrogen) atoms. The predicted molar refractivity (Wildman–Crippen MR) is 91.3 cm³/mol. The Hall–Kier alpha value is -1.04. The predicted octanol–water partition coefficient (Wildman–Crippen LogP) is 6.05. The van der Waals surface area contributed by atoms with Crippen LogP contribution in [0.25, 0.3) is 0 Å². The van der Waals surface area contributed by atoms with E-state index in [1.54, 1.807) is 0 Å². The van der Waals surface area contributed by atoms with Gasteiger partial charge in [0.25, 0.3) is 0 Å². The quantitative estimate of drug-likeness (QED) is 0.589. The molecular formula is C21H30. The average Bonchev–Trinajstić information content (AvgIpc) is 2.72. The molecular weight excluding hydrogens is 252 g/mol. The van der Waals surface area contributed by atoms with Crippen LogP contribution in [0.4, 0.5) is 0 Å². The SMILES string of the molecule is C/C=C/C12CC[C@H](C)C1C(C(C)C(C)c1ccccc1)C2. The molecule has 2 saturated carbocycles. The van der Waals surface area contributed by atoms with Crippen molar-refractivity contribution < 1.29 is 0 Å². The van der Waals surface area contributed by atoms with Crippen LogP contribution in [0.5, 0.6) is 0 Å². The van der Waals surface area contributed by atoms with Gasteiger partial charge in [-0.3, -0.25) is 0 Å². The van der Waals surface area contributed by atoms with Gasteiger partial charge in [0.1, 0.15) is 0 Å². The van der Waals surface area contributed by atoms with Gasteiger partial charge in [-0.2, -0.15) is 0 Å². The molecule has 0 nitrogen and oxygen atoms in total. The third kappa shape index (κ3) is 2.37. The van der Waals surface area contributed by atoms with Crippen molar-refractivity contribution in [1.82, 2.24) is 0 Å². The zero-order valence-corrected chi connectivity index (χ0v) is 14.0. The van der Waals surface area contributed by atoms with Gasteiger partial charge < -0.3 is 0 Å². The molecule has 0 heteroatoms. The number of hydrogen-bond donors (Lipinski definition) is 0. The molecule has 5 unspecified atom stereocenters. The fourth-order valence-electron chi connectivity index (χ4n) is 5.44. The highest BCUT2D eigenvalue weighted by Gasteiger charge is 2.58. The van der Waals surface area contributed by atoms with Crippen molar-refractivity contribution in [2.24, 2.45) is 29.1 Å². The van der Waals surface area contributed by atoms with Crippen LogP contribution in [0.15, 0.2) is 42.5 Å². The number of fused-ring (bicyclic) bond motifs is 1. The molecule has 1 aromatic rings. The van der Waals surface area contributed by atoms with E-state index in [9.17, 15) is 0 Å². The first-order chi connectivity index (χ1) is 10.1. The smallest absolute Gasteiger partial charge is 0.00819 e. The molecule has 0 saturated heterocycles. The number of rotatable bonds is 4. The number of hydrogen-bond acceptors (Lipinski definition) is 0. The van der Waals surface area contributed by atoms with Crippen molar-refractivity contribution in [1.29, 1.82) is 0 Å². The summed E-state index contributed by atoms with van der Waals surface area (Å²) in [5.74, 6) is 4.21. The molecule has 0 aliphatic heterocycles. The molecule has 2 fully saturated rings. The molecule has 3 rings (SSSR count). The van der Waals surface area contributed by atoms with E-state index >= 15 is 0 Å². The van der Waals surface area contributed by atoms with Crippen molar-refractivity contribution in [2.75, 3.05) is 0 Å². The lowest BCUT2D eigenvalue weighted by atomic mass is 9.49. The van der Waals surface area contributed by atoms with E-state index in [-0.39, 0.29) is 0 Å². The van der Waals surface area contributed by atoms with E-state index in [2.05, 4.69) is 70.2 Å². The maximum Gasteiger partial charge on any atom is -0.00819 e. The van der Waals surface area contributed by atoms with E-state index < -0.39 is 0 Å². The third-order valence-corrected chi connectivity index (χ3v) is 6.71. The number of allylic oxidation sites excluding steroid dienone is 2. The summed E-state index contributed by atoms with van der Waals surface area (Å²) in [6.45, 7) is 9.60. The second-order valence-corrected chi connectivity index (χ2v) is 7.70. The number of benzene rings is 1. The molecule has 0 amide bonds. The molecule has 0 N–H and O–H groups in total. The van der Waals surface area contributed by atoms with Crippen LogP contribution in [0.1, 0.15) is 58.4 Å². The summed E-state index contributed by atoms with van der Waals surface area (Å²) < 4.78 is 0. The van der Waals surface area contributed by atoms with E-state index in [1.165, 1.54) is 24.8 Å². The van der Waals surface area contributed by atoms with Crippen LogP contribution >= 0.6 is 0 Å². The largest absolute Gasteiger partial charge is 0.0911 e. The molecule has 1 aromatic carbocycles. The Morgan fingerprint density at radius 2 is 1.90 bits per heavy atom. The Labute approximate surface area is 130 Å². The fraction of sp³-hybridized carbons (Fsp3) is 0.619. The van der Waals surface area contributed by atoms with Crippen LogP contribution in [0.2, 0.25) is 0 Å². The normalized spacial score (nSPS) is 38.0. The highest BCUT2D eigenvalue weighted by Crippen LogP contribution is 2.66. The van der Waals surface area contributed by atoms with E-state index in [4.69, 9.17) is 0 Å². The Morgan fingerprint density at radius 3 is 2.57 bits per heavy atom. The molecule has 2 aliphatic carbocycles. The molecule has 0 aromatic heterocycles. The molecule has 2 aliphatic rings. The molecule has 114 valence electrons. The van der Waals surface area contributed by atoms with Gasteiger partial charge in [0.05, 0.1) is 0 Å². The second-order valence-electron chi connectivity index (χ2n) is 7.70. The van der Waals surface area contributed by atoms with E-state index in [0.717, 1.165) is 23.7 Å². The summed E-state index contributed by atoms with van der Waals surface area (Å²) >= 11 is 0. The lowest BCUT2D eigenvalue weighted by Gasteiger charge is -2.55. The minimum atomic E-state index is 0.559. The van der Waals surface area contributed by atoms with Crippen LogP contribution < -0.4 is 0 Å². The lowest BCUT2D eigenvalue weighted by molar-refractivity contribution is -0.0324. The molecule has 0 bridgehead atoms. The summed E-state index contributed by atoms with van der Waals surface area (Å²) in [5.41, 5.74) is 2.07. The molecule has 6 atom stereocenters. The van der Waals surface area contributed by atoms with Crippen molar-refractivity contribution in [3.63, 3.8) is 0 Å². The summed E-state index contributed by atoms with van der Waals surface area (Å²) in [6.07, 6.45) is 9.11. The Balaban J connectivity index is 1.76. The van der Waals surface area contributed by atoms with Gasteiger partial charge in [-0.1, -0.05) is 63.3 Å². The van der Waals surface area contributed by atoms with Gasteiger partial charge in [0.15, 0.2) is 0 Å². The Morgan fingerprint density at radius 1 is 1.19 bits per heavy atom. The standard InChI is InChI=1S/C21H30/c1-5-12-21-13-11-15(2)20(21)19(14-21)17(4)16(3)18-9-7-6-8-10-18/h5-10,12,15-17,19-20H,11,13-14H2,1-4H3/b12-5+/t15-,16?,17?,19?,20?,21?/m0/s1. The Bertz CT molecular complexity index is 500. The molecule has 0 spiro atoms. The maximum atomic E-state index is 2.54. The van der Waals surface area contributed by atoms with Crippen LogP contribution in [0.3, 0.4) is 0 Å². The summed E-state index contributed by atoms with van der Waals surface area (Å²) in [4.78, 5) is 0. The fourth-order valence-corrected chi connectivity index (χ4v) is 5.44.